The highest BCUT2D eigenvalue weighted by Crippen LogP contribution is 2.29. The number of halogens is 1. The number of anilines is 2. The normalized spacial score (nSPS) is 19.1. The molecule has 2 saturated heterocycles. The highest BCUT2D eigenvalue weighted by atomic mass is 35.5. The summed E-state index contributed by atoms with van der Waals surface area (Å²) in [5.41, 5.74) is 3.08. The number of hydrogen-bond donors (Lipinski definition) is 2. The van der Waals surface area contributed by atoms with Crippen molar-refractivity contribution in [3.63, 3.8) is 0 Å². The first kappa shape index (κ1) is 22.3. The van der Waals surface area contributed by atoms with Gasteiger partial charge < -0.3 is 25.1 Å². The molecule has 8 heteroatoms. The smallest absolute Gasteiger partial charge is 0.407 e. The lowest BCUT2D eigenvalue weighted by Crippen LogP contribution is -2.40. The van der Waals surface area contributed by atoms with Gasteiger partial charge >= 0.3 is 12.1 Å². The Morgan fingerprint density at radius 1 is 1.00 bits per heavy atom. The summed E-state index contributed by atoms with van der Waals surface area (Å²) in [5, 5.41) is 12.9. The van der Waals surface area contributed by atoms with E-state index in [1.165, 1.54) is 10.5 Å². The molecule has 7 nitrogen and oxygen atoms in total. The second-order valence-electron chi connectivity index (χ2n) is 8.57. The molecular formula is C24H29ClN4O3. The van der Waals surface area contributed by atoms with Gasteiger partial charge in [0.15, 0.2) is 0 Å². The van der Waals surface area contributed by atoms with Crippen LogP contribution in [0.4, 0.5) is 21.0 Å². The van der Waals surface area contributed by atoms with Crippen molar-refractivity contribution in [2.45, 2.75) is 31.2 Å². The molecule has 4 rings (SSSR count). The summed E-state index contributed by atoms with van der Waals surface area (Å²) in [4.78, 5) is 29.3. The second-order valence-corrected chi connectivity index (χ2v) is 9.01. The van der Waals surface area contributed by atoms with Gasteiger partial charge in [-0.05, 0) is 67.1 Å². The zero-order chi connectivity index (χ0) is 22.7. The predicted molar refractivity (Wildman–Crippen MR) is 127 cm³/mol. The molecule has 2 aliphatic rings. The van der Waals surface area contributed by atoms with Crippen LogP contribution >= 0.6 is 11.6 Å². The molecule has 0 aliphatic carbocycles. The number of carboxylic acid groups (broad SMARTS) is 1. The summed E-state index contributed by atoms with van der Waals surface area (Å²) >= 11 is 5.98. The first-order chi connectivity index (χ1) is 15.4. The maximum Gasteiger partial charge on any atom is 0.407 e. The highest BCUT2D eigenvalue weighted by Gasteiger charge is 2.28. The number of urea groups is 1. The van der Waals surface area contributed by atoms with Crippen LogP contribution in [0.1, 0.15) is 30.7 Å². The number of amides is 3. The molecule has 2 heterocycles. The number of likely N-dealkylation sites (tertiary alicyclic amines) is 1. The van der Waals surface area contributed by atoms with Crippen molar-refractivity contribution in [3.05, 3.63) is 59.1 Å². The standard InChI is InChI=1S/C24H29ClN4O3/c1-27(24(31)32)22-12-15-29(16-22)21-8-6-20(7-9-21)26-23(30)28-13-10-18(11-14-28)17-2-4-19(25)5-3-17/h2-9,18,22H,10-16H2,1H3,(H,26,30)(H,31,32)/t22-/m1/s1. The average molecular weight is 457 g/mol. The van der Waals surface area contributed by atoms with Gasteiger partial charge in [-0.3, -0.25) is 0 Å². The minimum atomic E-state index is -0.896. The zero-order valence-corrected chi connectivity index (χ0v) is 19.0. The van der Waals surface area contributed by atoms with Crippen molar-refractivity contribution in [2.24, 2.45) is 0 Å². The van der Waals surface area contributed by atoms with Crippen LogP contribution in [-0.2, 0) is 0 Å². The molecule has 170 valence electrons. The lowest BCUT2D eigenvalue weighted by atomic mass is 9.89. The number of carbonyl (C=O) groups excluding carboxylic acids is 1. The Balaban J connectivity index is 1.27. The third-order valence-corrected chi connectivity index (χ3v) is 6.87. The molecule has 3 amide bonds. The van der Waals surface area contributed by atoms with Gasteiger partial charge in [-0.15, -0.1) is 0 Å². The second kappa shape index (κ2) is 9.69. The van der Waals surface area contributed by atoms with E-state index in [0.29, 0.717) is 12.5 Å². The van der Waals surface area contributed by atoms with Crippen LogP contribution in [0.5, 0.6) is 0 Å². The Hall–Kier alpha value is -2.93. The lowest BCUT2D eigenvalue weighted by Gasteiger charge is -2.32. The minimum Gasteiger partial charge on any atom is -0.465 e. The Kier molecular flexibility index (Phi) is 6.74. The summed E-state index contributed by atoms with van der Waals surface area (Å²) in [7, 11) is 1.62. The quantitative estimate of drug-likeness (QED) is 0.683. The van der Waals surface area contributed by atoms with Gasteiger partial charge in [-0.25, -0.2) is 9.59 Å². The van der Waals surface area contributed by atoms with Gasteiger partial charge in [0.2, 0.25) is 0 Å². The van der Waals surface area contributed by atoms with E-state index >= 15 is 0 Å². The highest BCUT2D eigenvalue weighted by molar-refractivity contribution is 6.30. The van der Waals surface area contributed by atoms with Gasteiger partial charge in [0.05, 0.1) is 6.04 Å². The average Bonchev–Trinajstić information content (AvgIpc) is 3.30. The molecule has 32 heavy (non-hydrogen) atoms. The first-order valence-corrected chi connectivity index (χ1v) is 11.4. The van der Waals surface area contributed by atoms with Crippen molar-refractivity contribution in [1.29, 1.82) is 0 Å². The van der Waals surface area contributed by atoms with E-state index in [0.717, 1.165) is 55.3 Å². The van der Waals surface area contributed by atoms with Crippen LogP contribution in [-0.4, -0.2) is 66.3 Å². The molecule has 0 saturated carbocycles. The fraction of sp³-hybridized carbons (Fsp3) is 0.417. The molecule has 0 spiro atoms. The van der Waals surface area contributed by atoms with Crippen LogP contribution < -0.4 is 10.2 Å². The summed E-state index contributed by atoms with van der Waals surface area (Å²) in [6, 6.07) is 15.7. The SMILES string of the molecule is CN(C(=O)O)[C@@H]1CCN(c2ccc(NC(=O)N3CCC(c4ccc(Cl)cc4)CC3)cc2)C1. The lowest BCUT2D eigenvalue weighted by molar-refractivity contribution is 0.142. The molecule has 2 fully saturated rings. The van der Waals surface area contributed by atoms with Crippen molar-refractivity contribution < 1.29 is 14.7 Å². The number of likely N-dealkylation sites (N-methyl/N-ethyl adjacent to an activating group) is 1. The molecule has 2 aromatic rings. The molecular weight excluding hydrogens is 428 g/mol. The van der Waals surface area contributed by atoms with E-state index in [9.17, 15) is 9.59 Å². The van der Waals surface area contributed by atoms with Crippen LogP contribution in [0, 0.1) is 0 Å². The van der Waals surface area contributed by atoms with Crippen LogP contribution in [0.3, 0.4) is 0 Å². The number of nitrogens with zero attached hydrogens (tertiary/aromatic N) is 3. The molecule has 0 aromatic heterocycles. The van der Waals surface area contributed by atoms with E-state index < -0.39 is 6.09 Å². The maximum absolute atomic E-state index is 12.7. The summed E-state index contributed by atoms with van der Waals surface area (Å²) in [5.74, 6) is 0.458. The summed E-state index contributed by atoms with van der Waals surface area (Å²) in [6.45, 7) is 2.95. The Morgan fingerprint density at radius 2 is 1.66 bits per heavy atom. The van der Waals surface area contributed by atoms with Crippen LogP contribution in [0.2, 0.25) is 5.02 Å². The molecule has 2 aromatic carbocycles. The van der Waals surface area contributed by atoms with Crippen LogP contribution in [0.25, 0.3) is 0 Å². The Morgan fingerprint density at radius 3 is 2.28 bits per heavy atom. The molecule has 0 unspecified atom stereocenters. The molecule has 2 N–H and O–H groups in total. The van der Waals surface area contributed by atoms with E-state index in [2.05, 4.69) is 22.3 Å². The van der Waals surface area contributed by atoms with E-state index in [4.69, 9.17) is 16.7 Å². The first-order valence-electron chi connectivity index (χ1n) is 11.0. The van der Waals surface area contributed by atoms with Gasteiger partial charge in [-0.1, -0.05) is 23.7 Å². The van der Waals surface area contributed by atoms with E-state index in [1.54, 1.807) is 7.05 Å². The van der Waals surface area contributed by atoms with Crippen molar-refractivity contribution in [3.8, 4) is 0 Å². The number of benzene rings is 2. The number of nitrogens with one attached hydrogen (secondary N) is 1. The molecule has 1 atom stereocenters. The minimum absolute atomic E-state index is 0.00248. The molecule has 2 aliphatic heterocycles. The number of rotatable bonds is 4. The van der Waals surface area contributed by atoms with Gasteiger partial charge in [-0.2, -0.15) is 0 Å². The topological polar surface area (TPSA) is 76.1 Å². The fourth-order valence-corrected chi connectivity index (χ4v) is 4.68. The van der Waals surface area contributed by atoms with E-state index in [1.807, 2.05) is 41.3 Å². The summed E-state index contributed by atoms with van der Waals surface area (Å²) < 4.78 is 0. The number of carbonyl (C=O) groups is 2. The summed E-state index contributed by atoms with van der Waals surface area (Å²) in [6.07, 6.45) is 1.80. The van der Waals surface area contributed by atoms with Gasteiger partial charge in [0, 0.05) is 49.6 Å². The van der Waals surface area contributed by atoms with E-state index in [-0.39, 0.29) is 12.1 Å². The van der Waals surface area contributed by atoms with Gasteiger partial charge in [0.1, 0.15) is 0 Å². The number of hydrogen-bond acceptors (Lipinski definition) is 3. The fourth-order valence-electron chi connectivity index (χ4n) is 4.56. The van der Waals surface area contributed by atoms with Crippen molar-refractivity contribution in [1.82, 2.24) is 9.80 Å². The van der Waals surface area contributed by atoms with Gasteiger partial charge in [0.25, 0.3) is 0 Å². The maximum atomic E-state index is 12.7. The third kappa shape index (κ3) is 5.10. The predicted octanol–water partition coefficient (Wildman–Crippen LogP) is 4.94. The monoisotopic (exact) mass is 456 g/mol. The van der Waals surface area contributed by atoms with Crippen LogP contribution in [0.15, 0.2) is 48.5 Å². The van der Waals surface area contributed by atoms with Crippen molar-refractivity contribution >= 4 is 35.1 Å². The molecule has 0 bridgehead atoms. The zero-order valence-electron chi connectivity index (χ0n) is 18.2. The third-order valence-electron chi connectivity index (χ3n) is 6.62. The Bertz CT molecular complexity index is 943. The number of piperidine rings is 1. The molecule has 0 radical (unpaired) electrons. The van der Waals surface area contributed by atoms with Crippen molar-refractivity contribution in [2.75, 3.05) is 43.4 Å². The largest absolute Gasteiger partial charge is 0.465 e. The Labute approximate surface area is 193 Å².